The first-order valence-electron chi connectivity index (χ1n) is 5.85. The van der Waals surface area contributed by atoms with Gasteiger partial charge in [-0.15, -0.1) is 0 Å². The minimum atomic E-state index is -0.191. The van der Waals surface area contributed by atoms with Crippen molar-refractivity contribution in [3.8, 4) is 0 Å². The Kier molecular flexibility index (Phi) is 3.88. The molecule has 1 amide bonds. The van der Waals surface area contributed by atoms with E-state index in [1.165, 1.54) is 0 Å². The number of nitrogens with one attached hydrogen (secondary N) is 1. The van der Waals surface area contributed by atoms with Crippen molar-refractivity contribution in [2.24, 2.45) is 11.7 Å². The third-order valence-corrected chi connectivity index (χ3v) is 3.78. The van der Waals surface area contributed by atoms with Gasteiger partial charge in [0.2, 0.25) is 0 Å². The number of carbonyl (C=O) groups excluding carboxylic acids is 1. The predicted octanol–water partition coefficient (Wildman–Crippen LogP) is 2.44. The van der Waals surface area contributed by atoms with Crippen LogP contribution in [0.1, 0.15) is 28.8 Å². The van der Waals surface area contributed by atoms with Crippen LogP contribution in [0.5, 0.6) is 0 Å². The number of aryl methyl sites for hydroxylation is 1. The molecule has 3 nitrogen and oxygen atoms in total. The van der Waals surface area contributed by atoms with Crippen LogP contribution in [-0.4, -0.2) is 16.9 Å². The number of nitrogens with two attached hydrogens (primary N) is 1. The van der Waals surface area contributed by atoms with Crippen LogP contribution in [0.3, 0.4) is 0 Å². The number of amides is 1. The standard InChI is InChI=1S/C13H15ClN2OS/c1-7-6-9(4-5-10(7)14)13(17)16-11(12(15)18)8-2-3-8/h4-6,8,11H,2-3H2,1H3,(H2,15,18)(H,16,17). The van der Waals surface area contributed by atoms with Crippen molar-refractivity contribution in [3.05, 3.63) is 34.3 Å². The summed E-state index contributed by atoms with van der Waals surface area (Å²) in [5.74, 6) is 0.249. The highest BCUT2D eigenvalue weighted by Crippen LogP contribution is 2.33. The van der Waals surface area contributed by atoms with Crippen molar-refractivity contribution in [3.63, 3.8) is 0 Å². The molecule has 1 fully saturated rings. The molecular weight excluding hydrogens is 268 g/mol. The molecule has 0 saturated heterocycles. The Morgan fingerprint density at radius 2 is 2.22 bits per heavy atom. The van der Waals surface area contributed by atoms with Crippen LogP contribution in [-0.2, 0) is 0 Å². The smallest absolute Gasteiger partial charge is 0.251 e. The Bertz CT molecular complexity index is 500. The fourth-order valence-electron chi connectivity index (χ4n) is 1.86. The number of rotatable bonds is 4. The monoisotopic (exact) mass is 282 g/mol. The Morgan fingerprint density at radius 1 is 1.56 bits per heavy atom. The molecule has 0 radical (unpaired) electrons. The minimum absolute atomic E-state index is 0.153. The molecule has 0 heterocycles. The van der Waals surface area contributed by atoms with Crippen LogP contribution in [0, 0.1) is 12.8 Å². The van der Waals surface area contributed by atoms with Crippen LogP contribution >= 0.6 is 23.8 Å². The molecule has 18 heavy (non-hydrogen) atoms. The molecule has 3 N–H and O–H groups in total. The van der Waals surface area contributed by atoms with Crippen LogP contribution in [0.15, 0.2) is 18.2 Å². The van der Waals surface area contributed by atoms with Gasteiger partial charge in [-0.3, -0.25) is 4.79 Å². The second kappa shape index (κ2) is 5.24. The Balaban J connectivity index is 2.10. The summed E-state index contributed by atoms with van der Waals surface area (Å²) < 4.78 is 0. The van der Waals surface area contributed by atoms with Crippen LogP contribution in [0.25, 0.3) is 0 Å². The fourth-order valence-corrected chi connectivity index (χ4v) is 2.23. The van der Waals surface area contributed by atoms with E-state index in [-0.39, 0.29) is 11.9 Å². The minimum Gasteiger partial charge on any atom is -0.392 e. The van der Waals surface area contributed by atoms with E-state index >= 15 is 0 Å². The molecule has 1 aliphatic carbocycles. The summed E-state index contributed by atoms with van der Waals surface area (Å²) in [5, 5.41) is 3.55. The van der Waals surface area contributed by atoms with Crippen molar-refractivity contribution in [2.45, 2.75) is 25.8 Å². The van der Waals surface area contributed by atoms with E-state index in [2.05, 4.69) is 5.32 Å². The summed E-state index contributed by atoms with van der Waals surface area (Å²) in [6.07, 6.45) is 2.14. The van der Waals surface area contributed by atoms with E-state index in [1.54, 1.807) is 18.2 Å². The van der Waals surface area contributed by atoms with Gasteiger partial charge >= 0.3 is 0 Å². The van der Waals surface area contributed by atoms with Crippen molar-refractivity contribution >= 4 is 34.7 Å². The van der Waals surface area contributed by atoms with Gasteiger partial charge in [0.1, 0.15) is 0 Å². The molecular formula is C13H15ClN2OS. The maximum atomic E-state index is 12.1. The molecule has 2 rings (SSSR count). The number of hydrogen-bond acceptors (Lipinski definition) is 2. The quantitative estimate of drug-likeness (QED) is 0.834. The predicted molar refractivity (Wildman–Crippen MR) is 77.0 cm³/mol. The van der Waals surface area contributed by atoms with E-state index in [0.717, 1.165) is 18.4 Å². The molecule has 0 aliphatic heterocycles. The molecule has 1 aromatic rings. The lowest BCUT2D eigenvalue weighted by Crippen LogP contribution is -2.45. The zero-order valence-corrected chi connectivity index (χ0v) is 11.6. The summed E-state index contributed by atoms with van der Waals surface area (Å²) in [6.45, 7) is 1.87. The lowest BCUT2D eigenvalue weighted by atomic mass is 10.1. The van der Waals surface area contributed by atoms with E-state index in [0.29, 0.717) is 21.5 Å². The summed E-state index contributed by atoms with van der Waals surface area (Å²) in [6, 6.07) is 5.00. The van der Waals surface area contributed by atoms with Crippen molar-refractivity contribution in [1.82, 2.24) is 5.32 Å². The first-order valence-corrected chi connectivity index (χ1v) is 6.64. The third kappa shape index (κ3) is 3.00. The second-order valence-electron chi connectivity index (χ2n) is 4.65. The Hall–Kier alpha value is -1.13. The first-order chi connectivity index (χ1) is 8.49. The van der Waals surface area contributed by atoms with Gasteiger partial charge in [0.15, 0.2) is 0 Å². The molecule has 5 heteroatoms. The molecule has 0 spiro atoms. The van der Waals surface area contributed by atoms with Gasteiger partial charge in [-0.2, -0.15) is 0 Å². The average Bonchev–Trinajstić information content (AvgIpc) is 3.13. The van der Waals surface area contributed by atoms with E-state index in [9.17, 15) is 4.79 Å². The fraction of sp³-hybridized carbons (Fsp3) is 0.385. The molecule has 1 unspecified atom stereocenters. The number of benzene rings is 1. The number of thiocarbonyl (C=S) groups is 1. The number of carbonyl (C=O) groups is 1. The van der Waals surface area contributed by atoms with Crippen LogP contribution < -0.4 is 11.1 Å². The maximum Gasteiger partial charge on any atom is 0.251 e. The van der Waals surface area contributed by atoms with Crippen LogP contribution in [0.2, 0.25) is 5.02 Å². The van der Waals surface area contributed by atoms with E-state index < -0.39 is 0 Å². The zero-order chi connectivity index (χ0) is 13.3. The molecule has 1 saturated carbocycles. The van der Waals surface area contributed by atoms with E-state index in [4.69, 9.17) is 29.6 Å². The van der Waals surface area contributed by atoms with Gasteiger partial charge < -0.3 is 11.1 Å². The summed E-state index contributed by atoms with van der Waals surface area (Å²) in [7, 11) is 0. The summed E-state index contributed by atoms with van der Waals surface area (Å²) >= 11 is 10.9. The number of hydrogen-bond donors (Lipinski definition) is 2. The molecule has 0 bridgehead atoms. The number of halogens is 1. The highest BCUT2D eigenvalue weighted by molar-refractivity contribution is 7.80. The van der Waals surface area contributed by atoms with Crippen molar-refractivity contribution in [2.75, 3.05) is 0 Å². The van der Waals surface area contributed by atoms with Crippen molar-refractivity contribution in [1.29, 1.82) is 0 Å². The summed E-state index contributed by atoms with van der Waals surface area (Å²) in [5.41, 5.74) is 7.11. The Labute approximate surface area is 117 Å². The van der Waals surface area contributed by atoms with Crippen LogP contribution in [0.4, 0.5) is 0 Å². The summed E-state index contributed by atoms with van der Waals surface area (Å²) in [4.78, 5) is 12.4. The van der Waals surface area contributed by atoms with Crippen molar-refractivity contribution < 1.29 is 4.79 Å². The lowest BCUT2D eigenvalue weighted by molar-refractivity contribution is 0.0943. The topological polar surface area (TPSA) is 55.1 Å². The second-order valence-corrected chi connectivity index (χ2v) is 5.53. The molecule has 1 atom stereocenters. The molecule has 96 valence electrons. The normalized spacial score (nSPS) is 16.1. The highest BCUT2D eigenvalue weighted by atomic mass is 35.5. The Morgan fingerprint density at radius 3 is 2.72 bits per heavy atom. The van der Waals surface area contributed by atoms with Gasteiger partial charge in [0, 0.05) is 10.6 Å². The van der Waals surface area contributed by atoms with E-state index in [1.807, 2.05) is 6.92 Å². The van der Waals surface area contributed by atoms with Gasteiger partial charge in [-0.1, -0.05) is 23.8 Å². The third-order valence-electron chi connectivity index (χ3n) is 3.11. The molecule has 0 aromatic heterocycles. The highest BCUT2D eigenvalue weighted by Gasteiger charge is 2.34. The van der Waals surface area contributed by atoms with Gasteiger partial charge in [0.05, 0.1) is 11.0 Å². The van der Waals surface area contributed by atoms with Gasteiger partial charge in [0.25, 0.3) is 5.91 Å². The van der Waals surface area contributed by atoms with Gasteiger partial charge in [-0.05, 0) is 49.4 Å². The lowest BCUT2D eigenvalue weighted by Gasteiger charge is -2.17. The largest absolute Gasteiger partial charge is 0.392 e. The SMILES string of the molecule is Cc1cc(C(=O)NC(C(N)=S)C2CC2)ccc1Cl. The maximum absolute atomic E-state index is 12.1. The first kappa shape index (κ1) is 13.3. The zero-order valence-electron chi connectivity index (χ0n) is 10.1. The molecule has 1 aromatic carbocycles. The molecule has 1 aliphatic rings. The average molecular weight is 283 g/mol. The van der Waals surface area contributed by atoms with Gasteiger partial charge in [-0.25, -0.2) is 0 Å².